The molecule has 0 aliphatic rings. The van der Waals surface area contributed by atoms with Crippen LogP contribution in [0.1, 0.15) is 5.56 Å². The molecule has 0 spiro atoms. The Morgan fingerprint density at radius 1 is 1.41 bits per heavy atom. The highest BCUT2D eigenvalue weighted by Gasteiger charge is 2.31. The number of rotatable bonds is 3. The monoisotopic (exact) mass is 358 g/mol. The van der Waals surface area contributed by atoms with Crippen molar-refractivity contribution in [2.24, 2.45) is 0 Å². The molecule has 0 fully saturated rings. The first-order valence-corrected chi connectivity index (χ1v) is 5.32. The maximum Gasteiger partial charge on any atom is 0.573 e. The molecule has 17 heavy (non-hydrogen) atoms. The Morgan fingerprint density at radius 2 is 2.06 bits per heavy atom. The fourth-order valence-electron chi connectivity index (χ4n) is 1.01. The average molecular weight is 358 g/mol. The number of ether oxygens (including phenoxy) is 1. The van der Waals surface area contributed by atoms with Gasteiger partial charge in [0.2, 0.25) is 0 Å². The van der Waals surface area contributed by atoms with E-state index in [9.17, 15) is 18.0 Å². The van der Waals surface area contributed by atoms with Gasteiger partial charge in [-0.15, -0.1) is 13.2 Å². The summed E-state index contributed by atoms with van der Waals surface area (Å²) in [6.45, 7) is 0. The van der Waals surface area contributed by atoms with Gasteiger partial charge in [0.05, 0.1) is 0 Å². The van der Waals surface area contributed by atoms with Crippen LogP contribution in [0.3, 0.4) is 0 Å². The summed E-state index contributed by atoms with van der Waals surface area (Å²) in [5.41, 5.74) is 0.342. The first-order valence-electron chi connectivity index (χ1n) is 4.24. The first-order chi connectivity index (χ1) is 7.78. The molecule has 0 aromatic heterocycles. The zero-order chi connectivity index (χ0) is 13.1. The third-order valence-electron chi connectivity index (χ3n) is 1.61. The molecule has 1 N–H and O–H groups in total. The van der Waals surface area contributed by atoms with E-state index in [0.717, 1.165) is 18.2 Å². The number of alkyl halides is 3. The minimum Gasteiger partial charge on any atom is -0.478 e. The summed E-state index contributed by atoms with van der Waals surface area (Å²) in [4.78, 5) is 10.3. The SMILES string of the molecule is O=C(O)/C=C/c1cc(OC(F)(F)F)ccc1I. The molecule has 7 heteroatoms. The lowest BCUT2D eigenvalue weighted by Gasteiger charge is -2.09. The Hall–Kier alpha value is -1.25. The van der Waals surface area contributed by atoms with Gasteiger partial charge in [-0.1, -0.05) is 0 Å². The van der Waals surface area contributed by atoms with Crippen LogP contribution >= 0.6 is 22.6 Å². The van der Waals surface area contributed by atoms with E-state index in [1.807, 2.05) is 22.6 Å². The van der Waals surface area contributed by atoms with Gasteiger partial charge in [-0.25, -0.2) is 4.79 Å². The normalized spacial score (nSPS) is 11.8. The largest absolute Gasteiger partial charge is 0.573 e. The lowest BCUT2D eigenvalue weighted by molar-refractivity contribution is -0.274. The summed E-state index contributed by atoms with van der Waals surface area (Å²) in [5, 5.41) is 8.42. The smallest absolute Gasteiger partial charge is 0.478 e. The van der Waals surface area contributed by atoms with Crippen molar-refractivity contribution in [1.29, 1.82) is 0 Å². The number of carbonyl (C=O) groups is 1. The Labute approximate surface area is 108 Å². The molecule has 0 radical (unpaired) electrons. The van der Waals surface area contributed by atoms with Gasteiger partial charge in [-0.2, -0.15) is 0 Å². The fourth-order valence-corrected chi connectivity index (χ4v) is 1.52. The van der Waals surface area contributed by atoms with Crippen LogP contribution in [0.4, 0.5) is 13.2 Å². The van der Waals surface area contributed by atoms with Crippen LogP contribution in [0.5, 0.6) is 5.75 Å². The van der Waals surface area contributed by atoms with Gasteiger partial charge in [-0.3, -0.25) is 0 Å². The van der Waals surface area contributed by atoms with Crippen molar-refractivity contribution < 1.29 is 27.8 Å². The Balaban J connectivity index is 2.98. The lowest BCUT2D eigenvalue weighted by Crippen LogP contribution is -2.17. The molecule has 0 heterocycles. The van der Waals surface area contributed by atoms with Gasteiger partial charge in [0, 0.05) is 9.65 Å². The third-order valence-corrected chi connectivity index (χ3v) is 2.59. The molecular formula is C10H6F3IO3. The molecule has 1 aromatic carbocycles. The van der Waals surface area contributed by atoms with Crippen LogP contribution in [-0.4, -0.2) is 17.4 Å². The van der Waals surface area contributed by atoms with Crippen LogP contribution in [0, 0.1) is 3.57 Å². The standard InChI is InChI=1S/C10H6F3IO3/c11-10(12,13)17-7-2-3-8(14)6(5-7)1-4-9(15)16/h1-5H,(H,15,16)/b4-1+. The second-order valence-electron chi connectivity index (χ2n) is 2.90. The van der Waals surface area contributed by atoms with E-state index < -0.39 is 12.3 Å². The minimum atomic E-state index is -4.76. The molecule has 0 bridgehead atoms. The highest BCUT2D eigenvalue weighted by atomic mass is 127. The van der Waals surface area contributed by atoms with E-state index >= 15 is 0 Å². The first kappa shape index (κ1) is 13.8. The summed E-state index contributed by atoms with van der Waals surface area (Å²) >= 11 is 1.88. The number of hydrogen-bond acceptors (Lipinski definition) is 2. The summed E-state index contributed by atoms with van der Waals surface area (Å²) in [5.74, 6) is -1.56. The summed E-state index contributed by atoms with van der Waals surface area (Å²) in [6, 6.07) is 3.69. The number of halogens is 4. The quantitative estimate of drug-likeness (QED) is 0.667. The number of hydrogen-bond donors (Lipinski definition) is 1. The number of aliphatic carboxylic acids is 1. The molecule has 3 nitrogen and oxygen atoms in total. The van der Waals surface area contributed by atoms with Crippen molar-refractivity contribution >= 4 is 34.6 Å². The summed E-state index contributed by atoms with van der Waals surface area (Å²) in [6.07, 6.45) is -2.72. The van der Waals surface area contributed by atoms with Crippen molar-refractivity contribution in [3.05, 3.63) is 33.4 Å². The van der Waals surface area contributed by atoms with E-state index in [0.29, 0.717) is 9.13 Å². The zero-order valence-corrected chi connectivity index (χ0v) is 10.3. The molecule has 0 unspecified atom stereocenters. The summed E-state index contributed by atoms with van der Waals surface area (Å²) in [7, 11) is 0. The molecule has 0 atom stereocenters. The van der Waals surface area contributed by atoms with Crippen molar-refractivity contribution in [2.75, 3.05) is 0 Å². The van der Waals surface area contributed by atoms with Crippen LogP contribution in [0.25, 0.3) is 6.08 Å². The van der Waals surface area contributed by atoms with Crippen LogP contribution in [-0.2, 0) is 4.79 Å². The highest BCUT2D eigenvalue weighted by molar-refractivity contribution is 14.1. The zero-order valence-electron chi connectivity index (χ0n) is 8.16. The Kier molecular flexibility index (Phi) is 4.38. The molecular weight excluding hydrogens is 352 g/mol. The van der Waals surface area contributed by atoms with E-state index in [-0.39, 0.29) is 5.75 Å². The number of carboxylic acids is 1. The molecule has 0 aliphatic heterocycles. The second kappa shape index (κ2) is 5.39. The van der Waals surface area contributed by atoms with Crippen LogP contribution < -0.4 is 4.74 Å². The van der Waals surface area contributed by atoms with Crippen molar-refractivity contribution in [3.8, 4) is 5.75 Å². The Bertz CT molecular complexity index is 455. The Morgan fingerprint density at radius 3 is 2.59 bits per heavy atom. The fraction of sp³-hybridized carbons (Fsp3) is 0.100. The van der Waals surface area contributed by atoms with Gasteiger partial charge in [0.25, 0.3) is 0 Å². The molecule has 0 saturated heterocycles. The number of carboxylic acid groups (broad SMARTS) is 1. The van der Waals surface area contributed by atoms with Crippen LogP contribution in [0.15, 0.2) is 24.3 Å². The molecule has 92 valence electrons. The van der Waals surface area contributed by atoms with Gasteiger partial charge in [-0.05, 0) is 52.4 Å². The molecule has 1 rings (SSSR count). The predicted molar refractivity (Wildman–Crippen MR) is 62.5 cm³/mol. The van der Waals surface area contributed by atoms with Gasteiger partial charge in [0.15, 0.2) is 0 Å². The summed E-state index contributed by atoms with van der Waals surface area (Å²) < 4.78 is 40.2. The van der Waals surface area contributed by atoms with Crippen LogP contribution in [0.2, 0.25) is 0 Å². The van der Waals surface area contributed by atoms with E-state index in [1.165, 1.54) is 12.1 Å². The highest BCUT2D eigenvalue weighted by Crippen LogP contribution is 2.26. The predicted octanol–water partition coefficient (Wildman–Crippen LogP) is 3.29. The maximum atomic E-state index is 12.0. The lowest BCUT2D eigenvalue weighted by atomic mass is 10.2. The third kappa shape index (κ3) is 5.07. The molecule has 0 aliphatic carbocycles. The topological polar surface area (TPSA) is 46.5 Å². The van der Waals surface area contributed by atoms with E-state index in [2.05, 4.69) is 4.74 Å². The molecule has 1 aromatic rings. The van der Waals surface area contributed by atoms with Gasteiger partial charge < -0.3 is 9.84 Å². The maximum absolute atomic E-state index is 12.0. The molecule has 0 saturated carbocycles. The van der Waals surface area contributed by atoms with E-state index in [4.69, 9.17) is 5.11 Å². The number of benzene rings is 1. The minimum absolute atomic E-state index is 0.342. The average Bonchev–Trinajstić information content (AvgIpc) is 2.16. The second-order valence-corrected chi connectivity index (χ2v) is 4.06. The van der Waals surface area contributed by atoms with Crippen molar-refractivity contribution in [3.63, 3.8) is 0 Å². The molecule has 0 amide bonds. The van der Waals surface area contributed by atoms with Gasteiger partial charge in [0.1, 0.15) is 5.75 Å². The van der Waals surface area contributed by atoms with Crippen molar-refractivity contribution in [2.45, 2.75) is 6.36 Å². The van der Waals surface area contributed by atoms with Crippen molar-refractivity contribution in [1.82, 2.24) is 0 Å². The van der Waals surface area contributed by atoms with E-state index in [1.54, 1.807) is 0 Å². The van der Waals surface area contributed by atoms with Gasteiger partial charge >= 0.3 is 12.3 Å².